The molecule has 2 aromatic rings. The lowest BCUT2D eigenvalue weighted by Gasteiger charge is -2.33. The van der Waals surface area contributed by atoms with E-state index in [-0.39, 0.29) is 18.7 Å². The van der Waals surface area contributed by atoms with Crippen molar-refractivity contribution in [2.75, 3.05) is 55.4 Å². The van der Waals surface area contributed by atoms with Crippen molar-refractivity contribution in [1.82, 2.24) is 14.9 Å². The van der Waals surface area contributed by atoms with Crippen LogP contribution >= 0.6 is 0 Å². The van der Waals surface area contributed by atoms with Gasteiger partial charge < -0.3 is 24.6 Å². The van der Waals surface area contributed by atoms with Crippen molar-refractivity contribution in [2.24, 2.45) is 0 Å². The third-order valence-corrected chi connectivity index (χ3v) is 9.87. The number of hydrogen-bond acceptors (Lipinski definition) is 8. The molecule has 222 valence electrons. The summed E-state index contributed by atoms with van der Waals surface area (Å²) in [7, 11) is -1.08. The lowest BCUT2D eigenvalue weighted by Crippen LogP contribution is -2.43. The van der Waals surface area contributed by atoms with E-state index in [0.29, 0.717) is 63.5 Å². The fourth-order valence-electron chi connectivity index (χ4n) is 6.08. The van der Waals surface area contributed by atoms with Crippen LogP contribution < -0.4 is 15.0 Å². The molecule has 1 unspecified atom stereocenters. The van der Waals surface area contributed by atoms with E-state index in [1.807, 2.05) is 18.2 Å². The lowest BCUT2D eigenvalue weighted by molar-refractivity contribution is -0.154. The van der Waals surface area contributed by atoms with Crippen LogP contribution in [-0.2, 0) is 39.6 Å². The molecule has 1 atom stereocenters. The summed E-state index contributed by atoms with van der Waals surface area (Å²) in [6, 6.07) is 6.18. The Bertz CT molecular complexity index is 1310. The molecule has 12 heteroatoms. The first kappa shape index (κ1) is 28.3. The highest BCUT2D eigenvalue weighted by Crippen LogP contribution is 2.32. The number of aryl methyl sites for hydroxylation is 1. The van der Waals surface area contributed by atoms with Gasteiger partial charge in [-0.25, -0.2) is 4.98 Å². The summed E-state index contributed by atoms with van der Waals surface area (Å²) in [4.78, 5) is 26.0. The quantitative estimate of drug-likeness (QED) is 0.548. The highest BCUT2D eigenvalue weighted by molar-refractivity contribution is 7.85. The molecule has 0 aliphatic carbocycles. The van der Waals surface area contributed by atoms with Crippen LogP contribution in [-0.4, -0.2) is 88.2 Å². The number of anilines is 2. The molecule has 0 saturated carbocycles. The van der Waals surface area contributed by atoms with Crippen molar-refractivity contribution in [2.45, 2.75) is 74.8 Å². The van der Waals surface area contributed by atoms with E-state index in [2.05, 4.69) is 10.2 Å². The normalized spacial score (nSPS) is 22.2. The minimum Gasteiger partial charge on any atom is -0.490 e. The molecule has 1 aromatic carbocycles. The van der Waals surface area contributed by atoms with Crippen molar-refractivity contribution < 1.29 is 27.3 Å². The van der Waals surface area contributed by atoms with Crippen molar-refractivity contribution >= 4 is 28.5 Å². The summed E-state index contributed by atoms with van der Waals surface area (Å²) >= 11 is 0. The predicted molar refractivity (Wildman–Crippen MR) is 151 cm³/mol. The second-order valence-electron chi connectivity index (χ2n) is 11.4. The van der Waals surface area contributed by atoms with E-state index < -0.39 is 22.6 Å². The van der Waals surface area contributed by atoms with Gasteiger partial charge in [-0.2, -0.15) is 13.8 Å². The first-order valence-electron chi connectivity index (χ1n) is 14.6. The summed E-state index contributed by atoms with van der Waals surface area (Å²) in [6.07, 6.45) is 5.22. The number of hydrogen-bond donors (Lipinski definition) is 1. The van der Waals surface area contributed by atoms with Gasteiger partial charge in [0.15, 0.2) is 0 Å². The number of carbonyl (C=O) groups excluding carboxylic acids is 1. The number of ether oxygens (including phenoxy) is 2. The van der Waals surface area contributed by atoms with Gasteiger partial charge >= 0.3 is 5.92 Å². The SMILES string of the molecule is CC(F)(F)C(=O)N1CCc2ccc(OC3CCN(c4nc5c(c(NC6CCOCC6)n4)S(=O)CC5)CC3)cc2CC1. The maximum atomic E-state index is 13.6. The molecule has 0 bridgehead atoms. The number of fused-ring (bicyclic) bond motifs is 2. The Kier molecular flexibility index (Phi) is 8.13. The molecule has 1 aromatic heterocycles. The maximum Gasteiger partial charge on any atom is 0.322 e. The number of piperidine rings is 1. The fraction of sp³-hybridized carbons (Fsp3) is 0.621. The van der Waals surface area contributed by atoms with Gasteiger partial charge in [0, 0.05) is 77.4 Å². The Morgan fingerprint density at radius 2 is 1.78 bits per heavy atom. The molecule has 2 fully saturated rings. The van der Waals surface area contributed by atoms with Crippen LogP contribution in [0.4, 0.5) is 20.5 Å². The Morgan fingerprint density at radius 1 is 1.05 bits per heavy atom. The number of rotatable bonds is 6. The van der Waals surface area contributed by atoms with Crippen molar-refractivity contribution in [3.63, 3.8) is 0 Å². The summed E-state index contributed by atoms with van der Waals surface area (Å²) in [5, 5.41) is 3.54. The minimum absolute atomic E-state index is 0.0358. The first-order valence-corrected chi connectivity index (χ1v) is 15.9. The Balaban J connectivity index is 1.08. The predicted octanol–water partition coefficient (Wildman–Crippen LogP) is 3.36. The molecular weight excluding hydrogens is 552 g/mol. The molecule has 4 aliphatic rings. The summed E-state index contributed by atoms with van der Waals surface area (Å²) in [6.45, 7) is 4.15. The smallest absolute Gasteiger partial charge is 0.322 e. The average Bonchev–Trinajstić information content (AvgIpc) is 3.21. The molecule has 9 nitrogen and oxygen atoms in total. The third kappa shape index (κ3) is 6.33. The van der Waals surface area contributed by atoms with Crippen molar-refractivity contribution in [3.05, 3.63) is 35.0 Å². The third-order valence-electron chi connectivity index (χ3n) is 8.41. The number of nitrogens with one attached hydrogen (secondary N) is 1. The Labute approximate surface area is 241 Å². The standard InChI is InChI=1S/C29H37F2N5O4S/c1-29(30,31)27(37)35-11-4-19-2-3-23(18-20(19)5-12-35)40-22-6-13-36(14-7-22)28-33-24-10-17-41(38)25(24)26(34-28)32-21-8-15-39-16-9-21/h2-3,18,21-22H,4-17H2,1H3,(H,32,33,34). The molecule has 0 spiro atoms. The number of nitrogens with zero attached hydrogens (tertiary/aromatic N) is 4. The highest BCUT2D eigenvalue weighted by Gasteiger charge is 2.37. The van der Waals surface area contributed by atoms with Crippen molar-refractivity contribution in [1.29, 1.82) is 0 Å². The largest absolute Gasteiger partial charge is 0.490 e. The number of aromatic nitrogens is 2. The summed E-state index contributed by atoms with van der Waals surface area (Å²) < 4.78 is 51.7. The van der Waals surface area contributed by atoms with E-state index in [4.69, 9.17) is 19.4 Å². The minimum atomic E-state index is -3.35. The van der Waals surface area contributed by atoms with Crippen LogP contribution in [0.3, 0.4) is 0 Å². The van der Waals surface area contributed by atoms with E-state index >= 15 is 0 Å². The van der Waals surface area contributed by atoms with Crippen molar-refractivity contribution in [3.8, 4) is 5.75 Å². The molecule has 1 amide bonds. The van der Waals surface area contributed by atoms with Crippen LogP contribution in [0, 0.1) is 0 Å². The molecule has 0 radical (unpaired) electrons. The molecule has 4 aliphatic heterocycles. The van der Waals surface area contributed by atoms with Gasteiger partial charge in [0.2, 0.25) is 5.95 Å². The van der Waals surface area contributed by atoms with Crippen LogP contribution in [0.15, 0.2) is 23.1 Å². The van der Waals surface area contributed by atoms with E-state index in [9.17, 15) is 17.8 Å². The van der Waals surface area contributed by atoms with Gasteiger partial charge in [0.1, 0.15) is 22.6 Å². The Morgan fingerprint density at radius 3 is 2.51 bits per heavy atom. The number of halogens is 2. The zero-order valence-electron chi connectivity index (χ0n) is 23.4. The highest BCUT2D eigenvalue weighted by atomic mass is 32.2. The molecule has 5 heterocycles. The molecule has 41 heavy (non-hydrogen) atoms. The number of alkyl halides is 2. The second kappa shape index (κ2) is 11.8. The number of benzene rings is 1. The monoisotopic (exact) mass is 589 g/mol. The average molecular weight is 590 g/mol. The first-order chi connectivity index (χ1) is 19.7. The fourth-order valence-corrected chi connectivity index (χ4v) is 7.39. The van der Waals surface area contributed by atoms with E-state index in [0.717, 1.165) is 66.2 Å². The van der Waals surface area contributed by atoms with Gasteiger partial charge in [-0.15, -0.1) is 0 Å². The topological polar surface area (TPSA) is 96.9 Å². The number of amides is 1. The van der Waals surface area contributed by atoms with Gasteiger partial charge in [0.25, 0.3) is 5.91 Å². The van der Waals surface area contributed by atoms with Crippen LogP contribution in [0.1, 0.15) is 49.4 Å². The summed E-state index contributed by atoms with van der Waals surface area (Å²) in [5.74, 6) is -1.72. The van der Waals surface area contributed by atoms with E-state index in [1.54, 1.807) is 0 Å². The van der Waals surface area contributed by atoms with Gasteiger partial charge in [-0.05, 0) is 48.9 Å². The van der Waals surface area contributed by atoms with Crippen LogP contribution in [0.25, 0.3) is 0 Å². The zero-order chi connectivity index (χ0) is 28.6. The van der Waals surface area contributed by atoms with Gasteiger partial charge in [-0.3, -0.25) is 9.00 Å². The molecule has 2 saturated heterocycles. The lowest BCUT2D eigenvalue weighted by atomic mass is 10.0. The van der Waals surface area contributed by atoms with Crippen LogP contribution in [0.2, 0.25) is 0 Å². The number of carbonyl (C=O) groups is 1. The maximum absolute atomic E-state index is 13.6. The molecular formula is C29H37F2N5O4S. The van der Waals surface area contributed by atoms with E-state index in [1.165, 1.54) is 4.90 Å². The van der Waals surface area contributed by atoms with Gasteiger partial charge in [0.05, 0.1) is 16.5 Å². The molecule has 1 N–H and O–H groups in total. The van der Waals surface area contributed by atoms with Gasteiger partial charge in [-0.1, -0.05) is 6.07 Å². The van der Waals surface area contributed by atoms with Crippen LogP contribution in [0.5, 0.6) is 5.75 Å². The Hall–Kier alpha value is -2.86. The zero-order valence-corrected chi connectivity index (χ0v) is 24.2. The second-order valence-corrected chi connectivity index (χ2v) is 12.9. The molecule has 6 rings (SSSR count). The summed E-state index contributed by atoms with van der Waals surface area (Å²) in [5.41, 5.74) is 3.00.